The van der Waals surface area contributed by atoms with Gasteiger partial charge in [0.2, 0.25) is 0 Å². The predicted molar refractivity (Wildman–Crippen MR) is 144 cm³/mol. The minimum atomic E-state index is 0. The van der Waals surface area contributed by atoms with E-state index in [0.717, 1.165) is 0 Å². The molecule has 0 saturated carbocycles. The van der Waals surface area contributed by atoms with Crippen molar-refractivity contribution in [3.8, 4) is 0 Å². The van der Waals surface area contributed by atoms with Crippen molar-refractivity contribution in [3.05, 3.63) is 23.0 Å². The maximum atomic E-state index is 3.51. The van der Waals surface area contributed by atoms with E-state index >= 15 is 0 Å². The van der Waals surface area contributed by atoms with Crippen LogP contribution in [0.4, 0.5) is 0 Å². The number of H-pyrrole nitrogens is 1. The summed E-state index contributed by atoms with van der Waals surface area (Å²) in [6.45, 7) is 6.87. The molecular formula is C29H56ClN. The van der Waals surface area contributed by atoms with E-state index in [-0.39, 0.29) is 12.4 Å². The summed E-state index contributed by atoms with van der Waals surface area (Å²) in [6.07, 6.45) is 33.4. The fourth-order valence-corrected chi connectivity index (χ4v) is 4.77. The van der Waals surface area contributed by atoms with Crippen LogP contribution in [0.3, 0.4) is 0 Å². The van der Waals surface area contributed by atoms with Crippen LogP contribution in [0.2, 0.25) is 0 Å². The fourth-order valence-electron chi connectivity index (χ4n) is 4.77. The van der Waals surface area contributed by atoms with Crippen molar-refractivity contribution >= 4 is 12.4 Å². The Labute approximate surface area is 202 Å². The topological polar surface area (TPSA) is 15.8 Å². The first-order valence-electron chi connectivity index (χ1n) is 13.9. The molecule has 0 saturated heterocycles. The second-order valence-electron chi connectivity index (χ2n) is 9.78. The molecule has 0 aliphatic heterocycles. The Morgan fingerprint density at radius 3 is 1.29 bits per heavy atom. The standard InChI is InChI=1S/C29H55N.ClH/c1-4-6-8-10-12-14-16-18-20-22-24-28-26-30-27(3)29(28)25-23-21-19-17-15-13-11-9-7-5-2;/h26,30H,4-25H2,1-3H3;1H. The maximum absolute atomic E-state index is 3.51. The lowest BCUT2D eigenvalue weighted by atomic mass is 9.98. The van der Waals surface area contributed by atoms with Gasteiger partial charge in [-0.2, -0.15) is 0 Å². The molecule has 1 rings (SSSR count). The predicted octanol–water partition coefficient (Wildman–Crippen LogP) is 10.7. The maximum Gasteiger partial charge on any atom is 0.0150 e. The molecule has 0 aliphatic carbocycles. The minimum Gasteiger partial charge on any atom is -0.365 e. The Kier molecular flexibility index (Phi) is 22.4. The number of aryl methyl sites for hydroxylation is 2. The minimum absolute atomic E-state index is 0. The number of aromatic amines is 1. The monoisotopic (exact) mass is 453 g/mol. The average molecular weight is 454 g/mol. The van der Waals surface area contributed by atoms with E-state index in [2.05, 4.69) is 32.0 Å². The number of aromatic nitrogens is 1. The van der Waals surface area contributed by atoms with E-state index in [1.807, 2.05) is 0 Å². The molecule has 1 nitrogen and oxygen atoms in total. The third-order valence-electron chi connectivity index (χ3n) is 6.88. The lowest BCUT2D eigenvalue weighted by Crippen LogP contribution is -1.94. The fraction of sp³-hybridized carbons (Fsp3) is 0.862. The lowest BCUT2D eigenvalue weighted by molar-refractivity contribution is 0.553. The van der Waals surface area contributed by atoms with Crippen LogP contribution in [0.1, 0.15) is 159 Å². The summed E-state index contributed by atoms with van der Waals surface area (Å²) in [5.41, 5.74) is 4.68. The molecule has 1 heterocycles. The van der Waals surface area contributed by atoms with Crippen molar-refractivity contribution < 1.29 is 0 Å². The molecule has 0 atom stereocenters. The Morgan fingerprint density at radius 1 is 0.516 bits per heavy atom. The van der Waals surface area contributed by atoms with E-state index in [1.54, 1.807) is 11.1 Å². The van der Waals surface area contributed by atoms with Gasteiger partial charge < -0.3 is 4.98 Å². The number of unbranched alkanes of at least 4 members (excludes halogenated alkanes) is 18. The van der Waals surface area contributed by atoms with Gasteiger partial charge in [-0.05, 0) is 43.7 Å². The highest BCUT2D eigenvalue weighted by molar-refractivity contribution is 5.85. The second-order valence-corrected chi connectivity index (χ2v) is 9.78. The highest BCUT2D eigenvalue weighted by Crippen LogP contribution is 2.21. The number of hydrogen-bond donors (Lipinski definition) is 1. The summed E-state index contributed by atoms with van der Waals surface area (Å²) in [4.78, 5) is 3.51. The number of nitrogens with one attached hydrogen (secondary N) is 1. The van der Waals surface area contributed by atoms with E-state index < -0.39 is 0 Å². The summed E-state index contributed by atoms with van der Waals surface area (Å²) in [5.74, 6) is 0. The highest BCUT2D eigenvalue weighted by atomic mass is 35.5. The molecule has 31 heavy (non-hydrogen) atoms. The van der Waals surface area contributed by atoms with Crippen molar-refractivity contribution in [1.29, 1.82) is 0 Å². The summed E-state index contributed by atoms with van der Waals surface area (Å²) in [7, 11) is 0. The van der Waals surface area contributed by atoms with E-state index in [1.165, 1.54) is 147 Å². The van der Waals surface area contributed by atoms with E-state index in [4.69, 9.17) is 0 Å². The van der Waals surface area contributed by atoms with Gasteiger partial charge in [0, 0.05) is 11.9 Å². The van der Waals surface area contributed by atoms with Gasteiger partial charge in [0.1, 0.15) is 0 Å². The molecule has 0 unspecified atom stereocenters. The van der Waals surface area contributed by atoms with Gasteiger partial charge >= 0.3 is 0 Å². The van der Waals surface area contributed by atoms with E-state index in [0.29, 0.717) is 0 Å². The van der Waals surface area contributed by atoms with Crippen molar-refractivity contribution in [2.24, 2.45) is 0 Å². The zero-order valence-electron chi connectivity index (χ0n) is 21.5. The molecular weight excluding hydrogens is 398 g/mol. The Bertz CT molecular complexity index is 479. The molecule has 0 bridgehead atoms. The number of hydrogen-bond acceptors (Lipinski definition) is 0. The first-order valence-corrected chi connectivity index (χ1v) is 13.9. The van der Waals surface area contributed by atoms with Crippen LogP contribution < -0.4 is 0 Å². The molecule has 0 amide bonds. The van der Waals surface area contributed by atoms with Gasteiger partial charge in [0.15, 0.2) is 0 Å². The smallest absolute Gasteiger partial charge is 0.0150 e. The van der Waals surface area contributed by atoms with E-state index in [9.17, 15) is 0 Å². The molecule has 184 valence electrons. The van der Waals surface area contributed by atoms with Crippen LogP contribution in [0, 0.1) is 6.92 Å². The lowest BCUT2D eigenvalue weighted by Gasteiger charge is -2.07. The highest BCUT2D eigenvalue weighted by Gasteiger charge is 2.08. The van der Waals surface area contributed by atoms with Crippen LogP contribution in [-0.4, -0.2) is 4.98 Å². The third-order valence-corrected chi connectivity index (χ3v) is 6.88. The first-order chi connectivity index (χ1) is 14.8. The zero-order valence-corrected chi connectivity index (χ0v) is 22.4. The second kappa shape index (κ2) is 22.8. The Balaban J connectivity index is 0.00000900. The average Bonchev–Trinajstić information content (AvgIpc) is 3.10. The molecule has 2 heteroatoms. The summed E-state index contributed by atoms with van der Waals surface area (Å²) < 4.78 is 0. The Morgan fingerprint density at radius 2 is 0.871 bits per heavy atom. The van der Waals surface area contributed by atoms with Gasteiger partial charge in [0.05, 0.1) is 0 Å². The van der Waals surface area contributed by atoms with Gasteiger partial charge in [-0.1, -0.05) is 129 Å². The van der Waals surface area contributed by atoms with Crippen LogP contribution in [-0.2, 0) is 12.8 Å². The van der Waals surface area contributed by atoms with Crippen molar-refractivity contribution in [1.82, 2.24) is 4.98 Å². The Hall–Kier alpha value is -0.430. The summed E-state index contributed by atoms with van der Waals surface area (Å²) >= 11 is 0. The SMILES string of the molecule is CCCCCCCCCCCCc1c[nH]c(C)c1CCCCCCCCCCCC.Cl. The molecule has 1 aromatic heterocycles. The third kappa shape index (κ3) is 16.8. The van der Waals surface area contributed by atoms with Crippen LogP contribution >= 0.6 is 12.4 Å². The molecule has 0 radical (unpaired) electrons. The van der Waals surface area contributed by atoms with Gasteiger partial charge in [-0.3, -0.25) is 0 Å². The quantitative estimate of drug-likeness (QED) is 0.168. The molecule has 1 N–H and O–H groups in total. The number of halogens is 1. The molecule has 0 spiro atoms. The summed E-state index contributed by atoms with van der Waals surface area (Å²) in [5, 5.41) is 0. The van der Waals surface area contributed by atoms with Crippen LogP contribution in [0.15, 0.2) is 6.20 Å². The molecule has 1 aromatic rings. The van der Waals surface area contributed by atoms with Crippen LogP contribution in [0.25, 0.3) is 0 Å². The van der Waals surface area contributed by atoms with Crippen molar-refractivity contribution in [3.63, 3.8) is 0 Å². The zero-order chi connectivity index (χ0) is 21.7. The molecule has 0 aromatic carbocycles. The normalized spacial score (nSPS) is 11.1. The van der Waals surface area contributed by atoms with Crippen LogP contribution in [0.5, 0.6) is 0 Å². The molecule has 0 fully saturated rings. The van der Waals surface area contributed by atoms with Crippen molar-refractivity contribution in [2.75, 3.05) is 0 Å². The largest absolute Gasteiger partial charge is 0.365 e. The number of rotatable bonds is 22. The van der Waals surface area contributed by atoms with Gasteiger partial charge in [0.25, 0.3) is 0 Å². The van der Waals surface area contributed by atoms with Gasteiger partial charge in [-0.15, -0.1) is 12.4 Å². The first kappa shape index (κ1) is 30.6. The molecule has 0 aliphatic rings. The van der Waals surface area contributed by atoms with Gasteiger partial charge in [-0.25, -0.2) is 0 Å². The summed E-state index contributed by atoms with van der Waals surface area (Å²) in [6, 6.07) is 0. The van der Waals surface area contributed by atoms with Crippen molar-refractivity contribution in [2.45, 2.75) is 162 Å².